The Morgan fingerprint density at radius 1 is 1.53 bits per heavy atom. The van der Waals surface area contributed by atoms with Crippen molar-refractivity contribution in [2.24, 2.45) is 0 Å². The lowest BCUT2D eigenvalue weighted by Gasteiger charge is -2.03. The van der Waals surface area contributed by atoms with E-state index in [1.165, 1.54) is 12.1 Å². The van der Waals surface area contributed by atoms with Gasteiger partial charge in [-0.2, -0.15) is 0 Å². The van der Waals surface area contributed by atoms with Gasteiger partial charge in [-0.05, 0) is 24.6 Å². The number of rotatable bonds is 5. The van der Waals surface area contributed by atoms with Gasteiger partial charge in [-0.1, -0.05) is 11.6 Å². The Labute approximate surface area is 93.0 Å². The third-order valence-corrected chi connectivity index (χ3v) is 2.30. The standard InChI is InChI=1S/C11H12ClFO2/c1-15-6-2-3-11(14)9-5-4-8(13)7-10(9)12/h4-5,7H,2-3,6H2,1H3. The molecule has 0 radical (unpaired) electrons. The van der Waals surface area contributed by atoms with Crippen molar-refractivity contribution in [3.05, 3.63) is 34.6 Å². The van der Waals surface area contributed by atoms with Crippen LogP contribution in [-0.4, -0.2) is 19.5 Å². The van der Waals surface area contributed by atoms with Crippen LogP contribution >= 0.6 is 11.6 Å². The Balaban J connectivity index is 2.65. The van der Waals surface area contributed by atoms with Crippen molar-refractivity contribution in [1.29, 1.82) is 0 Å². The van der Waals surface area contributed by atoms with Gasteiger partial charge in [0.05, 0.1) is 5.02 Å². The number of hydrogen-bond donors (Lipinski definition) is 0. The van der Waals surface area contributed by atoms with Gasteiger partial charge in [0.15, 0.2) is 5.78 Å². The second kappa shape index (κ2) is 5.83. The van der Waals surface area contributed by atoms with Crippen LogP contribution in [0.25, 0.3) is 0 Å². The predicted molar refractivity (Wildman–Crippen MR) is 56.9 cm³/mol. The monoisotopic (exact) mass is 230 g/mol. The Morgan fingerprint density at radius 2 is 2.27 bits per heavy atom. The van der Waals surface area contributed by atoms with Gasteiger partial charge in [-0.25, -0.2) is 4.39 Å². The van der Waals surface area contributed by atoms with Crippen molar-refractivity contribution in [3.8, 4) is 0 Å². The van der Waals surface area contributed by atoms with E-state index in [0.717, 1.165) is 6.07 Å². The summed E-state index contributed by atoms with van der Waals surface area (Å²) in [4.78, 5) is 11.6. The third-order valence-electron chi connectivity index (χ3n) is 1.98. The average molecular weight is 231 g/mol. The number of Topliss-reactive ketones (excluding diaryl/α,β-unsaturated/α-hetero) is 1. The molecule has 82 valence electrons. The lowest BCUT2D eigenvalue weighted by molar-refractivity contribution is 0.0963. The molecule has 1 aromatic rings. The van der Waals surface area contributed by atoms with Gasteiger partial charge >= 0.3 is 0 Å². The van der Waals surface area contributed by atoms with Crippen LogP contribution in [0.2, 0.25) is 5.02 Å². The number of ketones is 1. The number of carbonyl (C=O) groups is 1. The summed E-state index contributed by atoms with van der Waals surface area (Å²) in [6.07, 6.45) is 1.00. The van der Waals surface area contributed by atoms with Crippen molar-refractivity contribution in [3.63, 3.8) is 0 Å². The molecule has 0 N–H and O–H groups in total. The topological polar surface area (TPSA) is 26.3 Å². The number of methoxy groups -OCH3 is 1. The molecule has 0 amide bonds. The molecule has 0 aliphatic rings. The molecule has 0 atom stereocenters. The summed E-state index contributed by atoms with van der Waals surface area (Å²) in [6.45, 7) is 0.532. The van der Waals surface area contributed by atoms with Crippen molar-refractivity contribution < 1.29 is 13.9 Å². The van der Waals surface area contributed by atoms with E-state index in [1.807, 2.05) is 0 Å². The third kappa shape index (κ3) is 3.61. The summed E-state index contributed by atoms with van der Waals surface area (Å²) in [5, 5.41) is 0.164. The highest BCUT2D eigenvalue weighted by molar-refractivity contribution is 6.33. The van der Waals surface area contributed by atoms with Gasteiger partial charge in [0.1, 0.15) is 5.82 Å². The molecule has 15 heavy (non-hydrogen) atoms. The van der Waals surface area contributed by atoms with E-state index in [-0.39, 0.29) is 10.8 Å². The van der Waals surface area contributed by atoms with E-state index in [9.17, 15) is 9.18 Å². The molecule has 0 spiro atoms. The zero-order valence-corrected chi connectivity index (χ0v) is 9.18. The molecule has 0 saturated heterocycles. The number of hydrogen-bond acceptors (Lipinski definition) is 2. The minimum Gasteiger partial charge on any atom is -0.385 e. The fourth-order valence-electron chi connectivity index (χ4n) is 1.23. The smallest absolute Gasteiger partial charge is 0.164 e. The highest BCUT2D eigenvalue weighted by Crippen LogP contribution is 2.19. The first-order valence-corrected chi connectivity index (χ1v) is 5.00. The summed E-state index contributed by atoms with van der Waals surface area (Å²) >= 11 is 5.75. The zero-order valence-electron chi connectivity index (χ0n) is 8.43. The van der Waals surface area contributed by atoms with Gasteiger partial charge in [0.2, 0.25) is 0 Å². The minimum absolute atomic E-state index is 0.0861. The summed E-state index contributed by atoms with van der Waals surface area (Å²) in [5.74, 6) is -0.523. The van der Waals surface area contributed by atoms with Crippen LogP contribution in [0.1, 0.15) is 23.2 Å². The van der Waals surface area contributed by atoms with Crippen molar-refractivity contribution in [2.45, 2.75) is 12.8 Å². The van der Waals surface area contributed by atoms with Gasteiger partial charge in [-0.15, -0.1) is 0 Å². The predicted octanol–water partition coefficient (Wildman–Crippen LogP) is 3.09. The second-order valence-electron chi connectivity index (χ2n) is 3.14. The molecule has 1 rings (SSSR count). The molecule has 2 nitrogen and oxygen atoms in total. The molecule has 0 aromatic heterocycles. The Morgan fingerprint density at radius 3 is 2.87 bits per heavy atom. The maximum absolute atomic E-state index is 12.7. The molecule has 0 aliphatic carbocycles. The molecule has 0 saturated carbocycles. The zero-order chi connectivity index (χ0) is 11.3. The van der Waals surface area contributed by atoms with Gasteiger partial charge < -0.3 is 4.74 Å². The van der Waals surface area contributed by atoms with Crippen molar-refractivity contribution in [1.82, 2.24) is 0 Å². The molecule has 0 aliphatic heterocycles. The van der Waals surface area contributed by atoms with Crippen LogP contribution in [-0.2, 0) is 4.74 Å². The summed E-state index contributed by atoms with van der Waals surface area (Å²) in [7, 11) is 1.58. The number of carbonyl (C=O) groups excluding carboxylic acids is 1. The largest absolute Gasteiger partial charge is 0.385 e. The molecule has 0 bridgehead atoms. The van der Waals surface area contributed by atoms with E-state index < -0.39 is 5.82 Å². The van der Waals surface area contributed by atoms with E-state index in [0.29, 0.717) is 25.0 Å². The lowest BCUT2D eigenvalue weighted by atomic mass is 10.1. The molecule has 0 fully saturated rings. The summed E-state index contributed by atoms with van der Waals surface area (Å²) < 4.78 is 17.5. The maximum atomic E-state index is 12.7. The lowest BCUT2D eigenvalue weighted by Crippen LogP contribution is -2.02. The van der Waals surface area contributed by atoms with Crippen LogP contribution in [0.15, 0.2) is 18.2 Å². The molecule has 0 heterocycles. The molecule has 4 heteroatoms. The second-order valence-corrected chi connectivity index (χ2v) is 3.55. The van der Waals surface area contributed by atoms with E-state index in [1.54, 1.807) is 7.11 Å². The van der Waals surface area contributed by atoms with Crippen LogP contribution < -0.4 is 0 Å². The Bertz CT molecular complexity index is 352. The van der Waals surface area contributed by atoms with Gasteiger partial charge in [0, 0.05) is 25.7 Å². The molecule has 0 unspecified atom stereocenters. The average Bonchev–Trinajstić information content (AvgIpc) is 2.17. The normalized spacial score (nSPS) is 10.3. The first-order chi connectivity index (χ1) is 7.15. The number of benzene rings is 1. The van der Waals surface area contributed by atoms with Crippen LogP contribution in [0, 0.1) is 5.82 Å². The van der Waals surface area contributed by atoms with Crippen molar-refractivity contribution in [2.75, 3.05) is 13.7 Å². The first kappa shape index (κ1) is 12.1. The Hall–Kier alpha value is -0.930. The molecule has 1 aromatic carbocycles. The van der Waals surface area contributed by atoms with Gasteiger partial charge in [0.25, 0.3) is 0 Å². The highest BCUT2D eigenvalue weighted by atomic mass is 35.5. The summed E-state index contributed by atoms with van der Waals surface area (Å²) in [5.41, 5.74) is 0.370. The fourth-order valence-corrected chi connectivity index (χ4v) is 1.50. The van der Waals surface area contributed by atoms with Crippen molar-refractivity contribution >= 4 is 17.4 Å². The molecular weight excluding hydrogens is 219 g/mol. The number of halogens is 2. The van der Waals surface area contributed by atoms with Crippen LogP contribution in [0.4, 0.5) is 4.39 Å². The quantitative estimate of drug-likeness (QED) is 0.574. The van der Waals surface area contributed by atoms with Gasteiger partial charge in [-0.3, -0.25) is 4.79 Å². The first-order valence-electron chi connectivity index (χ1n) is 4.62. The SMILES string of the molecule is COCCCC(=O)c1ccc(F)cc1Cl. The van der Waals surface area contributed by atoms with E-state index in [4.69, 9.17) is 16.3 Å². The van der Waals surface area contributed by atoms with Crippen LogP contribution in [0.3, 0.4) is 0 Å². The molecular formula is C11H12ClFO2. The maximum Gasteiger partial charge on any atom is 0.164 e. The van der Waals surface area contributed by atoms with E-state index >= 15 is 0 Å². The summed E-state index contributed by atoms with van der Waals surface area (Å²) in [6, 6.07) is 3.79. The fraction of sp³-hybridized carbons (Fsp3) is 0.364. The number of ether oxygens (including phenoxy) is 1. The van der Waals surface area contributed by atoms with Crippen LogP contribution in [0.5, 0.6) is 0 Å². The minimum atomic E-state index is -0.437. The van der Waals surface area contributed by atoms with E-state index in [2.05, 4.69) is 0 Å². The highest BCUT2D eigenvalue weighted by Gasteiger charge is 2.10. The Kier molecular flexibility index (Phi) is 4.72.